The first-order valence-corrected chi connectivity index (χ1v) is 11.8. The lowest BCUT2D eigenvalue weighted by atomic mass is 9.92. The molecule has 0 unspecified atom stereocenters. The van der Waals surface area contributed by atoms with Crippen LogP contribution in [-0.2, 0) is 16.1 Å². The fourth-order valence-electron chi connectivity index (χ4n) is 4.48. The van der Waals surface area contributed by atoms with Crippen molar-refractivity contribution in [2.75, 3.05) is 18.8 Å². The van der Waals surface area contributed by atoms with Gasteiger partial charge in [-0.3, -0.25) is 18.6 Å². The average molecular weight is 443 g/mol. The monoisotopic (exact) mass is 442 g/mol. The number of aromatic nitrogens is 4. The Balaban J connectivity index is 1.58. The standard InChI is InChI=1S/C22H30N6O2S/c1-14(2)23-19(29)12-27-17-7-5-6-8-18(17)28-21(27)24-25-22(28)31-13-20(30)26-10-15(3)9-16(4)11-26/h5-8,14-16H,9-13H2,1-4H3,(H,23,29)/t15-,16-/m0/s1. The van der Waals surface area contributed by atoms with E-state index in [1.807, 2.05) is 52.0 Å². The van der Waals surface area contributed by atoms with E-state index in [1.54, 1.807) is 0 Å². The highest BCUT2D eigenvalue weighted by atomic mass is 32.2. The van der Waals surface area contributed by atoms with Crippen LogP contribution in [0.15, 0.2) is 29.4 Å². The van der Waals surface area contributed by atoms with E-state index in [9.17, 15) is 9.59 Å². The number of para-hydroxylation sites is 2. The van der Waals surface area contributed by atoms with E-state index in [4.69, 9.17) is 0 Å². The van der Waals surface area contributed by atoms with Crippen molar-refractivity contribution < 1.29 is 9.59 Å². The third-order valence-electron chi connectivity index (χ3n) is 5.57. The smallest absolute Gasteiger partial charge is 0.240 e. The number of hydrogen-bond acceptors (Lipinski definition) is 5. The number of thioether (sulfide) groups is 1. The molecule has 166 valence electrons. The van der Waals surface area contributed by atoms with Gasteiger partial charge in [-0.25, -0.2) is 0 Å². The molecule has 0 saturated carbocycles. The van der Waals surface area contributed by atoms with Crippen molar-refractivity contribution in [2.45, 2.75) is 51.9 Å². The SMILES string of the molecule is CC(C)NC(=O)Cn1c2ccccc2n2c(SCC(=O)N3C[C@@H](C)C[C@H](C)C3)nnc12. The van der Waals surface area contributed by atoms with Gasteiger partial charge in [-0.05, 0) is 44.2 Å². The molecule has 0 bridgehead atoms. The molecule has 3 heterocycles. The largest absolute Gasteiger partial charge is 0.352 e. The zero-order valence-corrected chi connectivity index (χ0v) is 19.4. The van der Waals surface area contributed by atoms with Crippen molar-refractivity contribution in [1.82, 2.24) is 29.4 Å². The van der Waals surface area contributed by atoms with E-state index in [-0.39, 0.29) is 24.4 Å². The second-order valence-electron chi connectivity index (χ2n) is 8.95. The lowest BCUT2D eigenvalue weighted by molar-refractivity contribution is -0.131. The molecule has 0 spiro atoms. The van der Waals surface area contributed by atoms with Gasteiger partial charge in [0.05, 0.1) is 16.8 Å². The fraction of sp³-hybridized carbons (Fsp3) is 0.545. The number of hydrogen-bond donors (Lipinski definition) is 1. The molecular weight excluding hydrogens is 412 g/mol. The van der Waals surface area contributed by atoms with Crippen molar-refractivity contribution in [2.24, 2.45) is 11.8 Å². The molecule has 4 rings (SSSR count). The van der Waals surface area contributed by atoms with Gasteiger partial charge < -0.3 is 10.2 Å². The van der Waals surface area contributed by atoms with Crippen molar-refractivity contribution in [3.05, 3.63) is 24.3 Å². The first-order chi connectivity index (χ1) is 14.8. The first kappa shape index (κ1) is 21.7. The third kappa shape index (κ3) is 4.56. The molecule has 8 nitrogen and oxygen atoms in total. The Bertz CT molecular complexity index is 1090. The zero-order chi connectivity index (χ0) is 22.1. The summed E-state index contributed by atoms with van der Waals surface area (Å²) in [6.45, 7) is 10.1. The molecule has 0 aliphatic carbocycles. The Morgan fingerprint density at radius 3 is 2.48 bits per heavy atom. The number of amides is 2. The first-order valence-electron chi connectivity index (χ1n) is 10.9. The van der Waals surface area contributed by atoms with Crippen LogP contribution in [0.25, 0.3) is 16.8 Å². The van der Waals surface area contributed by atoms with Gasteiger partial charge >= 0.3 is 0 Å². The number of rotatable bonds is 6. The molecule has 1 N–H and O–H groups in total. The van der Waals surface area contributed by atoms with Crippen molar-refractivity contribution in [1.29, 1.82) is 0 Å². The van der Waals surface area contributed by atoms with Gasteiger partial charge in [0, 0.05) is 19.1 Å². The number of piperidine rings is 1. The fourth-order valence-corrected chi connectivity index (χ4v) is 5.32. The molecule has 2 aromatic heterocycles. The van der Waals surface area contributed by atoms with Crippen molar-refractivity contribution >= 4 is 40.4 Å². The Hall–Kier alpha value is -2.55. The maximum Gasteiger partial charge on any atom is 0.240 e. The van der Waals surface area contributed by atoms with Crippen LogP contribution < -0.4 is 5.32 Å². The molecule has 1 aliphatic rings. The summed E-state index contributed by atoms with van der Waals surface area (Å²) in [6.07, 6.45) is 1.17. The van der Waals surface area contributed by atoms with Gasteiger partial charge in [-0.15, -0.1) is 10.2 Å². The summed E-state index contributed by atoms with van der Waals surface area (Å²) < 4.78 is 3.82. The van der Waals surface area contributed by atoms with E-state index < -0.39 is 0 Å². The minimum absolute atomic E-state index is 0.0700. The second kappa shape index (κ2) is 8.90. The van der Waals surface area contributed by atoms with E-state index >= 15 is 0 Å². The number of nitrogens with zero attached hydrogens (tertiary/aromatic N) is 5. The molecule has 1 aromatic carbocycles. The number of benzene rings is 1. The predicted molar refractivity (Wildman–Crippen MR) is 122 cm³/mol. The van der Waals surface area contributed by atoms with Gasteiger partial charge in [-0.2, -0.15) is 0 Å². The van der Waals surface area contributed by atoms with Crippen LogP contribution in [0.1, 0.15) is 34.1 Å². The molecule has 2 amide bonds. The number of carbonyl (C=O) groups excluding carboxylic acids is 2. The highest BCUT2D eigenvalue weighted by Crippen LogP contribution is 2.27. The quantitative estimate of drug-likeness (QED) is 0.594. The maximum absolute atomic E-state index is 12.8. The normalized spacial score (nSPS) is 19.5. The summed E-state index contributed by atoms with van der Waals surface area (Å²) in [4.78, 5) is 27.2. The maximum atomic E-state index is 12.8. The number of likely N-dealkylation sites (tertiary alicyclic amines) is 1. The van der Waals surface area contributed by atoms with Crippen molar-refractivity contribution in [3.63, 3.8) is 0 Å². The van der Waals surface area contributed by atoms with Gasteiger partial charge in [0.2, 0.25) is 17.6 Å². The zero-order valence-electron chi connectivity index (χ0n) is 18.5. The lowest BCUT2D eigenvalue weighted by Crippen LogP contribution is -2.43. The third-order valence-corrected chi connectivity index (χ3v) is 6.48. The number of fused-ring (bicyclic) bond motifs is 3. The highest BCUT2D eigenvalue weighted by Gasteiger charge is 2.26. The van der Waals surface area contributed by atoms with Gasteiger partial charge in [0.1, 0.15) is 6.54 Å². The van der Waals surface area contributed by atoms with Gasteiger partial charge in [-0.1, -0.05) is 37.7 Å². The molecule has 3 aromatic rings. The van der Waals surface area contributed by atoms with E-state index in [1.165, 1.54) is 18.2 Å². The molecule has 0 radical (unpaired) electrons. The molecule has 1 aliphatic heterocycles. The Morgan fingerprint density at radius 2 is 1.81 bits per heavy atom. The minimum Gasteiger partial charge on any atom is -0.352 e. The highest BCUT2D eigenvalue weighted by molar-refractivity contribution is 7.99. The van der Waals surface area contributed by atoms with Crippen LogP contribution in [0.3, 0.4) is 0 Å². The number of imidazole rings is 1. The van der Waals surface area contributed by atoms with Crippen LogP contribution in [0.4, 0.5) is 0 Å². The lowest BCUT2D eigenvalue weighted by Gasteiger charge is -2.34. The summed E-state index contributed by atoms with van der Waals surface area (Å²) in [7, 11) is 0. The van der Waals surface area contributed by atoms with Crippen LogP contribution >= 0.6 is 11.8 Å². The van der Waals surface area contributed by atoms with E-state index in [0.29, 0.717) is 28.5 Å². The average Bonchev–Trinajstić information content (AvgIpc) is 3.24. The number of nitrogens with one attached hydrogen (secondary N) is 1. The topological polar surface area (TPSA) is 84.5 Å². The van der Waals surface area contributed by atoms with Crippen LogP contribution in [0.2, 0.25) is 0 Å². The van der Waals surface area contributed by atoms with Gasteiger partial charge in [0.25, 0.3) is 0 Å². The summed E-state index contributed by atoms with van der Waals surface area (Å²) in [5, 5.41) is 12.3. The molecular formula is C22H30N6O2S. The summed E-state index contributed by atoms with van der Waals surface area (Å²) >= 11 is 1.40. The molecule has 1 fully saturated rings. The molecule has 31 heavy (non-hydrogen) atoms. The molecule has 1 saturated heterocycles. The predicted octanol–water partition coefficient (Wildman–Crippen LogP) is 2.81. The summed E-state index contributed by atoms with van der Waals surface area (Å²) in [5.41, 5.74) is 1.84. The Morgan fingerprint density at radius 1 is 1.13 bits per heavy atom. The van der Waals surface area contributed by atoms with E-state index in [0.717, 1.165) is 24.1 Å². The summed E-state index contributed by atoms with van der Waals surface area (Å²) in [5.74, 6) is 2.07. The second-order valence-corrected chi connectivity index (χ2v) is 9.89. The molecule has 9 heteroatoms. The van der Waals surface area contributed by atoms with Crippen molar-refractivity contribution in [3.8, 4) is 0 Å². The van der Waals surface area contributed by atoms with E-state index in [2.05, 4.69) is 29.4 Å². The van der Waals surface area contributed by atoms with Crippen LogP contribution in [0.5, 0.6) is 0 Å². The number of carbonyl (C=O) groups is 2. The Labute approximate surface area is 186 Å². The van der Waals surface area contributed by atoms with Crippen LogP contribution in [-0.4, -0.2) is 60.8 Å². The van der Waals surface area contributed by atoms with Crippen LogP contribution in [0, 0.1) is 11.8 Å². The minimum atomic E-state index is -0.0704. The van der Waals surface area contributed by atoms with Gasteiger partial charge in [0.15, 0.2) is 5.16 Å². The Kier molecular flexibility index (Phi) is 6.22. The summed E-state index contributed by atoms with van der Waals surface area (Å²) in [6, 6.07) is 7.93. The molecule has 2 atom stereocenters.